The third kappa shape index (κ3) is 8.03. The topological polar surface area (TPSA) is 97.0 Å². The summed E-state index contributed by atoms with van der Waals surface area (Å²) in [4.78, 5) is 39.4. The largest absolute Gasteiger partial charge is 0.492 e. The number of halogens is 1. The van der Waals surface area contributed by atoms with Crippen molar-refractivity contribution in [2.75, 3.05) is 26.3 Å². The molecule has 1 atom stereocenters. The van der Waals surface area contributed by atoms with Gasteiger partial charge in [0, 0.05) is 25.1 Å². The molecular weight excluding hydrogens is 546 g/mol. The smallest absolute Gasteiger partial charge is 0.308 e. The number of rotatable bonds is 9. The number of hydrogen-bond acceptors (Lipinski definition) is 6. The van der Waals surface area contributed by atoms with Gasteiger partial charge in [-0.25, -0.2) is 0 Å². The van der Waals surface area contributed by atoms with Crippen LogP contribution in [0.4, 0.5) is 0 Å². The molecule has 192 valence electrons. The summed E-state index contributed by atoms with van der Waals surface area (Å²) >= 11 is 8.87. The lowest BCUT2D eigenvalue weighted by atomic mass is 10.1. The molecule has 1 aliphatic rings. The van der Waals surface area contributed by atoms with E-state index in [1.54, 1.807) is 23.1 Å². The lowest BCUT2D eigenvalue weighted by Crippen LogP contribution is -2.60. The molecule has 1 saturated heterocycles. The van der Waals surface area contributed by atoms with Gasteiger partial charge in [0.25, 0.3) is 5.91 Å². The number of amides is 2. The van der Waals surface area contributed by atoms with Crippen molar-refractivity contribution in [1.29, 1.82) is 0 Å². The molecule has 36 heavy (non-hydrogen) atoms. The molecule has 8 nitrogen and oxygen atoms in total. The summed E-state index contributed by atoms with van der Waals surface area (Å²) in [6, 6.07) is 13.8. The van der Waals surface area contributed by atoms with Gasteiger partial charge in [-0.1, -0.05) is 44.2 Å². The van der Waals surface area contributed by atoms with Gasteiger partial charge >= 0.3 is 5.97 Å². The van der Waals surface area contributed by atoms with Crippen molar-refractivity contribution in [1.82, 2.24) is 15.5 Å². The summed E-state index contributed by atoms with van der Waals surface area (Å²) in [7, 11) is 0. The highest BCUT2D eigenvalue weighted by Gasteiger charge is 2.34. The van der Waals surface area contributed by atoms with Crippen LogP contribution < -0.4 is 15.4 Å². The zero-order chi connectivity index (χ0) is 26.1. The fourth-order valence-electron chi connectivity index (χ4n) is 3.56. The van der Waals surface area contributed by atoms with E-state index in [2.05, 4.69) is 40.4 Å². The first-order chi connectivity index (χ1) is 17.2. The third-order valence-electron chi connectivity index (χ3n) is 5.44. The van der Waals surface area contributed by atoms with E-state index in [-0.39, 0.29) is 24.0 Å². The standard InChI is InChI=1S/C26H30BrN3O5S/c1-17(2)16-35-22-9-8-19(14-20(22)27)24(32)29-26(36)30-12-11-28-25(33)21(30)15-23(31)34-13-10-18-6-4-3-5-7-18/h3-9,14,17,21H,10-13,15-16H2,1-2H3,(H,28,33)(H,29,32,36). The van der Waals surface area contributed by atoms with Crippen LogP contribution in [0.5, 0.6) is 5.75 Å². The second kappa shape index (κ2) is 13.4. The van der Waals surface area contributed by atoms with Crippen molar-refractivity contribution >= 4 is 51.0 Å². The number of carbonyl (C=O) groups excluding carboxylic acids is 3. The number of nitrogens with zero attached hydrogens (tertiary/aromatic N) is 1. The van der Waals surface area contributed by atoms with Crippen molar-refractivity contribution in [3.63, 3.8) is 0 Å². The number of nitrogens with one attached hydrogen (secondary N) is 2. The van der Waals surface area contributed by atoms with Crippen molar-refractivity contribution in [2.24, 2.45) is 5.92 Å². The predicted molar refractivity (Wildman–Crippen MR) is 144 cm³/mol. The fraction of sp³-hybridized carbons (Fsp3) is 0.385. The molecular formula is C26H30BrN3O5S. The maximum atomic E-state index is 12.8. The Kier molecular flexibility index (Phi) is 10.2. The van der Waals surface area contributed by atoms with E-state index in [0.29, 0.717) is 47.8 Å². The van der Waals surface area contributed by atoms with E-state index in [0.717, 1.165) is 5.56 Å². The highest BCUT2D eigenvalue weighted by molar-refractivity contribution is 9.10. The number of thiocarbonyl (C=S) groups is 1. The minimum atomic E-state index is -0.866. The molecule has 1 fully saturated rings. The van der Waals surface area contributed by atoms with Crippen LogP contribution in [0.1, 0.15) is 36.2 Å². The van der Waals surface area contributed by atoms with E-state index >= 15 is 0 Å². The first-order valence-electron chi connectivity index (χ1n) is 11.8. The van der Waals surface area contributed by atoms with Crippen molar-refractivity contribution in [3.8, 4) is 5.75 Å². The van der Waals surface area contributed by atoms with Gasteiger partial charge in [0.2, 0.25) is 5.91 Å². The summed E-state index contributed by atoms with van der Waals surface area (Å²) in [5.74, 6) is -0.263. The molecule has 0 spiro atoms. The highest BCUT2D eigenvalue weighted by Crippen LogP contribution is 2.26. The van der Waals surface area contributed by atoms with Crippen LogP contribution >= 0.6 is 28.1 Å². The molecule has 0 saturated carbocycles. The van der Waals surface area contributed by atoms with Crippen LogP contribution in [-0.4, -0.2) is 60.1 Å². The molecule has 2 aromatic carbocycles. The quantitative estimate of drug-likeness (QED) is 0.349. The Morgan fingerprint density at radius 3 is 2.67 bits per heavy atom. The maximum absolute atomic E-state index is 12.8. The van der Waals surface area contributed by atoms with Crippen LogP contribution in [0, 0.1) is 5.92 Å². The van der Waals surface area contributed by atoms with Gasteiger partial charge in [0.05, 0.1) is 24.1 Å². The molecule has 3 rings (SSSR count). The molecule has 0 bridgehead atoms. The van der Waals surface area contributed by atoms with Gasteiger partial charge in [0.15, 0.2) is 5.11 Å². The lowest BCUT2D eigenvalue weighted by molar-refractivity contribution is -0.147. The van der Waals surface area contributed by atoms with Crippen molar-refractivity contribution < 1.29 is 23.9 Å². The van der Waals surface area contributed by atoms with Gasteiger partial charge in [-0.2, -0.15) is 0 Å². The molecule has 1 heterocycles. The number of ether oxygens (including phenoxy) is 2. The fourth-order valence-corrected chi connectivity index (χ4v) is 4.37. The Bertz CT molecular complexity index is 1100. The van der Waals surface area contributed by atoms with Gasteiger partial charge in [-0.3, -0.25) is 19.7 Å². The maximum Gasteiger partial charge on any atom is 0.308 e. The van der Waals surface area contributed by atoms with Crippen LogP contribution in [0.25, 0.3) is 0 Å². The average Bonchev–Trinajstić information content (AvgIpc) is 2.85. The second-order valence-electron chi connectivity index (χ2n) is 8.77. The third-order valence-corrected chi connectivity index (χ3v) is 6.39. The van der Waals surface area contributed by atoms with E-state index in [4.69, 9.17) is 21.7 Å². The van der Waals surface area contributed by atoms with E-state index in [1.165, 1.54) is 0 Å². The number of piperazine rings is 1. The first kappa shape index (κ1) is 27.6. The highest BCUT2D eigenvalue weighted by atomic mass is 79.9. The summed E-state index contributed by atoms with van der Waals surface area (Å²) in [5, 5.41) is 5.49. The zero-order valence-corrected chi connectivity index (χ0v) is 22.7. The number of carbonyl (C=O) groups is 3. The number of esters is 1. The number of benzene rings is 2. The predicted octanol–water partition coefficient (Wildman–Crippen LogP) is 3.48. The lowest BCUT2D eigenvalue weighted by Gasteiger charge is -2.36. The summed E-state index contributed by atoms with van der Waals surface area (Å²) < 4.78 is 11.7. The normalized spacial score (nSPS) is 15.3. The molecule has 0 aliphatic carbocycles. The molecule has 1 aliphatic heterocycles. The Balaban J connectivity index is 1.57. The molecule has 0 radical (unpaired) electrons. The monoisotopic (exact) mass is 575 g/mol. The SMILES string of the molecule is CC(C)COc1ccc(C(=O)NC(=S)N2CCNC(=O)C2CC(=O)OCCc2ccccc2)cc1Br. The Morgan fingerprint density at radius 2 is 1.97 bits per heavy atom. The Morgan fingerprint density at radius 1 is 1.22 bits per heavy atom. The van der Waals surface area contributed by atoms with Gasteiger partial charge in [-0.15, -0.1) is 0 Å². The molecule has 2 aromatic rings. The molecule has 10 heteroatoms. The van der Waals surface area contributed by atoms with Crippen molar-refractivity contribution in [2.45, 2.75) is 32.7 Å². The van der Waals surface area contributed by atoms with Crippen LogP contribution in [-0.2, 0) is 20.7 Å². The van der Waals surface area contributed by atoms with Crippen LogP contribution in [0.2, 0.25) is 0 Å². The summed E-state index contributed by atoms with van der Waals surface area (Å²) in [5.41, 5.74) is 1.43. The summed E-state index contributed by atoms with van der Waals surface area (Å²) in [6.45, 7) is 5.58. The summed E-state index contributed by atoms with van der Waals surface area (Å²) in [6.07, 6.45) is 0.405. The van der Waals surface area contributed by atoms with E-state index in [9.17, 15) is 14.4 Å². The van der Waals surface area contributed by atoms with E-state index < -0.39 is 17.9 Å². The Labute approximate surface area is 224 Å². The second-order valence-corrected chi connectivity index (χ2v) is 10.0. The van der Waals surface area contributed by atoms with Crippen LogP contribution in [0.15, 0.2) is 53.0 Å². The van der Waals surface area contributed by atoms with Crippen LogP contribution in [0.3, 0.4) is 0 Å². The van der Waals surface area contributed by atoms with Gasteiger partial charge < -0.3 is 19.7 Å². The molecule has 0 aromatic heterocycles. The van der Waals surface area contributed by atoms with E-state index in [1.807, 2.05) is 30.3 Å². The zero-order valence-electron chi connectivity index (χ0n) is 20.3. The van der Waals surface area contributed by atoms with Gasteiger partial charge in [0.1, 0.15) is 11.8 Å². The van der Waals surface area contributed by atoms with Crippen molar-refractivity contribution in [3.05, 3.63) is 64.1 Å². The minimum absolute atomic E-state index is 0.0770. The average molecular weight is 577 g/mol. The van der Waals surface area contributed by atoms with Gasteiger partial charge in [-0.05, 0) is 57.8 Å². The molecule has 1 unspecified atom stereocenters. The minimum Gasteiger partial charge on any atom is -0.492 e. The first-order valence-corrected chi connectivity index (χ1v) is 13.0. The number of hydrogen-bond donors (Lipinski definition) is 2. The molecule has 2 amide bonds. The molecule has 2 N–H and O–H groups in total. The Hall–Kier alpha value is -2.98.